The van der Waals surface area contributed by atoms with E-state index in [9.17, 15) is 14.7 Å². The first-order valence-corrected chi connectivity index (χ1v) is 10.6. The van der Waals surface area contributed by atoms with Crippen molar-refractivity contribution in [3.05, 3.63) is 48.4 Å². The molecule has 1 atom stereocenters. The summed E-state index contributed by atoms with van der Waals surface area (Å²) in [5, 5.41) is 12.8. The minimum absolute atomic E-state index is 0.0779. The fraction of sp³-hybridized carbons (Fsp3) is 0.400. The van der Waals surface area contributed by atoms with Crippen LogP contribution in [0.2, 0.25) is 0 Å². The molecule has 0 spiro atoms. The van der Waals surface area contributed by atoms with Gasteiger partial charge >= 0.3 is 0 Å². The SMILES string of the molecule is CSCCC(NC(=O)c1ccco1)C(=O)N1CCN(c2ccccc2O)CC1. The highest BCUT2D eigenvalue weighted by molar-refractivity contribution is 7.98. The van der Waals surface area contributed by atoms with Crippen molar-refractivity contribution in [3.8, 4) is 5.75 Å². The Morgan fingerprint density at radius 3 is 2.57 bits per heavy atom. The highest BCUT2D eigenvalue weighted by Crippen LogP contribution is 2.27. The standard InChI is InChI=1S/C20H25N3O4S/c1-28-14-8-15(21-19(25)18-7-4-13-27-18)20(26)23-11-9-22(10-12-23)16-5-2-3-6-17(16)24/h2-7,13,15,24H,8-12,14H2,1H3,(H,21,25). The third-order valence-corrected chi connectivity index (χ3v) is 5.42. The Kier molecular flexibility index (Phi) is 6.86. The number of nitrogens with zero attached hydrogens (tertiary/aromatic N) is 2. The summed E-state index contributed by atoms with van der Waals surface area (Å²) >= 11 is 1.64. The number of anilines is 1. The molecular formula is C20H25N3O4S. The summed E-state index contributed by atoms with van der Waals surface area (Å²) in [7, 11) is 0. The van der Waals surface area contributed by atoms with Crippen molar-refractivity contribution in [3.63, 3.8) is 0 Å². The van der Waals surface area contributed by atoms with Crippen LogP contribution in [0.15, 0.2) is 47.1 Å². The smallest absolute Gasteiger partial charge is 0.287 e. The van der Waals surface area contributed by atoms with Crippen LogP contribution in [0.3, 0.4) is 0 Å². The number of hydrogen-bond acceptors (Lipinski definition) is 6. The number of phenolic OH excluding ortho intramolecular Hbond substituents is 1. The number of carbonyl (C=O) groups excluding carboxylic acids is 2. The topological polar surface area (TPSA) is 86.0 Å². The van der Waals surface area contributed by atoms with Gasteiger partial charge in [-0.1, -0.05) is 12.1 Å². The molecule has 1 unspecified atom stereocenters. The molecule has 3 rings (SSSR count). The zero-order valence-electron chi connectivity index (χ0n) is 15.8. The number of piperazine rings is 1. The normalized spacial score (nSPS) is 15.3. The molecule has 2 heterocycles. The summed E-state index contributed by atoms with van der Waals surface area (Å²) in [4.78, 5) is 29.2. The molecule has 0 radical (unpaired) electrons. The largest absolute Gasteiger partial charge is 0.506 e. The summed E-state index contributed by atoms with van der Waals surface area (Å²) in [6, 6.07) is 9.85. The molecule has 2 N–H and O–H groups in total. The molecule has 1 aliphatic rings. The molecule has 0 saturated carbocycles. The van der Waals surface area contributed by atoms with Crippen molar-refractivity contribution >= 4 is 29.3 Å². The van der Waals surface area contributed by atoms with Gasteiger partial charge in [0.2, 0.25) is 5.91 Å². The van der Waals surface area contributed by atoms with Gasteiger partial charge in [-0.3, -0.25) is 9.59 Å². The van der Waals surface area contributed by atoms with Gasteiger partial charge in [0, 0.05) is 26.2 Å². The number of phenols is 1. The Morgan fingerprint density at radius 1 is 1.18 bits per heavy atom. The highest BCUT2D eigenvalue weighted by Gasteiger charge is 2.29. The molecule has 2 amide bonds. The van der Waals surface area contributed by atoms with Crippen LogP contribution in [-0.4, -0.2) is 66.1 Å². The van der Waals surface area contributed by atoms with E-state index in [1.54, 1.807) is 40.9 Å². The summed E-state index contributed by atoms with van der Waals surface area (Å²) in [6.07, 6.45) is 3.97. The quantitative estimate of drug-likeness (QED) is 0.737. The number of rotatable bonds is 7. The lowest BCUT2D eigenvalue weighted by molar-refractivity contribution is -0.133. The molecule has 1 aromatic heterocycles. The summed E-state index contributed by atoms with van der Waals surface area (Å²) in [6.45, 7) is 2.34. The van der Waals surface area contributed by atoms with Crippen molar-refractivity contribution in [1.29, 1.82) is 0 Å². The van der Waals surface area contributed by atoms with E-state index in [2.05, 4.69) is 10.2 Å². The fourth-order valence-corrected chi connectivity index (χ4v) is 3.72. The predicted molar refractivity (Wildman–Crippen MR) is 110 cm³/mol. The maximum Gasteiger partial charge on any atom is 0.287 e. The first-order valence-electron chi connectivity index (χ1n) is 9.25. The number of benzene rings is 1. The Hall–Kier alpha value is -2.61. The summed E-state index contributed by atoms with van der Waals surface area (Å²) < 4.78 is 5.13. The van der Waals surface area contributed by atoms with Crippen molar-refractivity contribution in [2.45, 2.75) is 12.5 Å². The van der Waals surface area contributed by atoms with Gasteiger partial charge in [0.15, 0.2) is 5.76 Å². The maximum atomic E-state index is 13.0. The lowest BCUT2D eigenvalue weighted by Crippen LogP contribution is -2.55. The van der Waals surface area contributed by atoms with Crippen LogP contribution in [0.4, 0.5) is 5.69 Å². The zero-order valence-corrected chi connectivity index (χ0v) is 16.7. The first kappa shape index (κ1) is 20.1. The summed E-state index contributed by atoms with van der Waals surface area (Å²) in [5.74, 6) is 0.757. The monoisotopic (exact) mass is 403 g/mol. The van der Waals surface area contributed by atoms with Gasteiger partial charge in [0.1, 0.15) is 11.8 Å². The lowest BCUT2D eigenvalue weighted by Gasteiger charge is -2.37. The maximum absolute atomic E-state index is 13.0. The molecule has 8 heteroatoms. The van der Waals surface area contributed by atoms with Crippen LogP contribution in [0.1, 0.15) is 17.0 Å². The van der Waals surface area contributed by atoms with Gasteiger partial charge in [-0.25, -0.2) is 0 Å². The van der Waals surface area contributed by atoms with Gasteiger partial charge in [-0.2, -0.15) is 11.8 Å². The van der Waals surface area contributed by atoms with E-state index in [1.165, 1.54) is 6.26 Å². The molecule has 0 bridgehead atoms. The molecule has 150 valence electrons. The number of aromatic hydroxyl groups is 1. The number of furan rings is 1. The van der Waals surface area contributed by atoms with Crippen molar-refractivity contribution in [1.82, 2.24) is 10.2 Å². The van der Waals surface area contributed by atoms with E-state index in [-0.39, 0.29) is 23.3 Å². The second-order valence-electron chi connectivity index (χ2n) is 6.59. The molecule has 1 saturated heterocycles. The van der Waals surface area contributed by atoms with Crippen LogP contribution < -0.4 is 10.2 Å². The number of para-hydroxylation sites is 2. The number of thioether (sulfide) groups is 1. The third-order valence-electron chi connectivity index (χ3n) is 4.77. The van der Waals surface area contributed by atoms with Gasteiger partial charge in [-0.05, 0) is 42.7 Å². The van der Waals surface area contributed by atoms with Gasteiger partial charge in [-0.15, -0.1) is 0 Å². The molecule has 28 heavy (non-hydrogen) atoms. The van der Waals surface area contributed by atoms with E-state index in [0.717, 1.165) is 11.4 Å². The van der Waals surface area contributed by atoms with Crippen molar-refractivity contribution in [2.24, 2.45) is 0 Å². The first-order chi connectivity index (χ1) is 13.6. The molecule has 1 aliphatic heterocycles. The number of nitrogens with one attached hydrogen (secondary N) is 1. The number of hydrogen-bond donors (Lipinski definition) is 2. The van der Waals surface area contributed by atoms with Gasteiger partial charge in [0.25, 0.3) is 5.91 Å². The number of amides is 2. The molecule has 1 fully saturated rings. The van der Waals surface area contributed by atoms with Crippen LogP contribution in [0.5, 0.6) is 5.75 Å². The second-order valence-corrected chi connectivity index (χ2v) is 7.57. The predicted octanol–water partition coefficient (Wildman–Crippen LogP) is 2.19. The Morgan fingerprint density at radius 2 is 1.93 bits per heavy atom. The van der Waals surface area contributed by atoms with E-state index in [1.807, 2.05) is 18.4 Å². The van der Waals surface area contributed by atoms with E-state index < -0.39 is 6.04 Å². The molecule has 7 nitrogen and oxygen atoms in total. The van der Waals surface area contributed by atoms with Crippen molar-refractivity contribution < 1.29 is 19.1 Å². The minimum Gasteiger partial charge on any atom is -0.506 e. The van der Waals surface area contributed by atoms with Crippen LogP contribution in [0, 0.1) is 0 Å². The molecule has 0 aliphatic carbocycles. The Bertz CT molecular complexity index is 789. The van der Waals surface area contributed by atoms with Gasteiger partial charge < -0.3 is 24.6 Å². The summed E-state index contributed by atoms with van der Waals surface area (Å²) in [5.41, 5.74) is 0.777. The van der Waals surface area contributed by atoms with Crippen molar-refractivity contribution in [2.75, 3.05) is 43.1 Å². The molecule has 2 aromatic rings. The second kappa shape index (κ2) is 9.54. The fourth-order valence-electron chi connectivity index (χ4n) is 3.25. The average Bonchev–Trinajstić information content (AvgIpc) is 3.26. The van der Waals surface area contributed by atoms with E-state index >= 15 is 0 Å². The van der Waals surface area contributed by atoms with Crippen LogP contribution in [0.25, 0.3) is 0 Å². The van der Waals surface area contributed by atoms with E-state index in [4.69, 9.17) is 4.42 Å². The third kappa shape index (κ3) is 4.81. The van der Waals surface area contributed by atoms with Crippen LogP contribution >= 0.6 is 11.8 Å². The van der Waals surface area contributed by atoms with E-state index in [0.29, 0.717) is 32.6 Å². The average molecular weight is 404 g/mol. The minimum atomic E-state index is -0.582. The van der Waals surface area contributed by atoms with Gasteiger partial charge in [0.05, 0.1) is 12.0 Å². The lowest BCUT2D eigenvalue weighted by atomic mass is 10.1. The molecule has 1 aromatic carbocycles. The van der Waals surface area contributed by atoms with Crippen LogP contribution in [-0.2, 0) is 4.79 Å². The zero-order chi connectivity index (χ0) is 19.9. The number of carbonyl (C=O) groups is 2. The highest BCUT2D eigenvalue weighted by atomic mass is 32.2. The molecular weight excluding hydrogens is 378 g/mol. The Balaban J connectivity index is 1.61. The Labute approximate surface area is 168 Å².